The second-order valence-corrected chi connectivity index (χ2v) is 4.64. The molecule has 0 spiro atoms. The number of amides is 1. The molecule has 104 valence electrons. The van der Waals surface area contributed by atoms with Crippen LogP contribution in [0, 0.1) is 0 Å². The topological polar surface area (TPSA) is 38.3 Å². The van der Waals surface area contributed by atoms with E-state index in [1.165, 1.54) is 0 Å². The molecule has 20 heavy (non-hydrogen) atoms. The van der Waals surface area contributed by atoms with Crippen molar-refractivity contribution in [3.63, 3.8) is 0 Å². The largest absolute Gasteiger partial charge is 0.364 e. The standard InChI is InChI=1S/C17H19NO2/c1-14(20-13-16-10-6-3-7-11-16)17(19)18-12-15-8-4-2-5-9-15/h2-11,14H,12-13H2,1H3,(H,18,19). The van der Waals surface area contributed by atoms with Crippen molar-refractivity contribution >= 4 is 5.91 Å². The summed E-state index contributed by atoms with van der Waals surface area (Å²) in [6.07, 6.45) is -0.459. The van der Waals surface area contributed by atoms with Gasteiger partial charge in [-0.2, -0.15) is 0 Å². The number of hydrogen-bond donors (Lipinski definition) is 1. The molecule has 0 saturated heterocycles. The zero-order chi connectivity index (χ0) is 14.2. The summed E-state index contributed by atoms with van der Waals surface area (Å²) in [7, 11) is 0. The minimum Gasteiger partial charge on any atom is -0.364 e. The van der Waals surface area contributed by atoms with Gasteiger partial charge in [0, 0.05) is 6.54 Å². The van der Waals surface area contributed by atoms with Gasteiger partial charge in [-0.25, -0.2) is 0 Å². The maximum absolute atomic E-state index is 11.9. The van der Waals surface area contributed by atoms with Crippen LogP contribution in [0.5, 0.6) is 0 Å². The highest BCUT2D eigenvalue weighted by Crippen LogP contribution is 2.04. The van der Waals surface area contributed by atoms with E-state index in [0.29, 0.717) is 13.2 Å². The van der Waals surface area contributed by atoms with Gasteiger partial charge in [0.15, 0.2) is 0 Å². The maximum atomic E-state index is 11.9. The Labute approximate surface area is 119 Å². The van der Waals surface area contributed by atoms with E-state index in [-0.39, 0.29) is 5.91 Å². The van der Waals surface area contributed by atoms with E-state index in [9.17, 15) is 4.79 Å². The van der Waals surface area contributed by atoms with E-state index < -0.39 is 6.10 Å². The summed E-state index contributed by atoms with van der Waals surface area (Å²) in [6.45, 7) is 2.74. The molecule has 0 aromatic heterocycles. The van der Waals surface area contributed by atoms with Gasteiger partial charge < -0.3 is 10.1 Å². The van der Waals surface area contributed by atoms with Gasteiger partial charge in [0.25, 0.3) is 0 Å². The third-order valence-corrected chi connectivity index (χ3v) is 3.02. The first-order valence-corrected chi connectivity index (χ1v) is 6.73. The van der Waals surface area contributed by atoms with Crippen LogP contribution in [-0.4, -0.2) is 12.0 Å². The molecule has 1 N–H and O–H groups in total. The first kappa shape index (κ1) is 14.3. The molecule has 2 aromatic carbocycles. The molecule has 1 amide bonds. The molecule has 0 saturated carbocycles. The van der Waals surface area contributed by atoms with Crippen LogP contribution in [0.1, 0.15) is 18.1 Å². The molecule has 1 atom stereocenters. The highest BCUT2D eigenvalue weighted by molar-refractivity contribution is 5.80. The maximum Gasteiger partial charge on any atom is 0.249 e. The quantitative estimate of drug-likeness (QED) is 0.875. The van der Waals surface area contributed by atoms with Crippen molar-refractivity contribution in [3.05, 3.63) is 71.8 Å². The summed E-state index contributed by atoms with van der Waals surface area (Å²) in [5, 5.41) is 2.87. The second-order valence-electron chi connectivity index (χ2n) is 4.64. The van der Waals surface area contributed by atoms with Crippen LogP contribution in [0.15, 0.2) is 60.7 Å². The lowest BCUT2D eigenvalue weighted by molar-refractivity contribution is -0.132. The summed E-state index contributed by atoms with van der Waals surface area (Å²) in [5.74, 6) is -0.0928. The van der Waals surface area contributed by atoms with E-state index in [4.69, 9.17) is 4.74 Å². The predicted molar refractivity (Wildman–Crippen MR) is 79.0 cm³/mol. The number of rotatable bonds is 6. The normalized spacial score (nSPS) is 11.8. The molecule has 0 aliphatic heterocycles. The van der Waals surface area contributed by atoms with Gasteiger partial charge in [-0.3, -0.25) is 4.79 Å². The molecule has 0 heterocycles. The van der Waals surface area contributed by atoms with Crippen LogP contribution in [-0.2, 0) is 22.7 Å². The zero-order valence-corrected chi connectivity index (χ0v) is 11.6. The van der Waals surface area contributed by atoms with Crippen molar-refractivity contribution in [1.29, 1.82) is 0 Å². The number of ether oxygens (including phenoxy) is 1. The summed E-state index contributed by atoms with van der Waals surface area (Å²) < 4.78 is 5.57. The SMILES string of the molecule is CC(OCc1ccccc1)C(=O)NCc1ccccc1. The predicted octanol–water partition coefficient (Wildman–Crippen LogP) is 2.91. The van der Waals surface area contributed by atoms with Crippen molar-refractivity contribution in [3.8, 4) is 0 Å². The third kappa shape index (κ3) is 4.52. The van der Waals surface area contributed by atoms with E-state index in [1.54, 1.807) is 6.92 Å². The third-order valence-electron chi connectivity index (χ3n) is 3.02. The Balaban J connectivity index is 1.75. The van der Waals surface area contributed by atoms with Crippen molar-refractivity contribution in [2.45, 2.75) is 26.2 Å². The van der Waals surface area contributed by atoms with Crippen LogP contribution < -0.4 is 5.32 Å². The van der Waals surface area contributed by atoms with Crippen LogP contribution in [0.4, 0.5) is 0 Å². The second kappa shape index (κ2) is 7.46. The molecule has 0 radical (unpaired) electrons. The number of hydrogen-bond acceptors (Lipinski definition) is 2. The van der Waals surface area contributed by atoms with E-state index in [0.717, 1.165) is 11.1 Å². The number of carbonyl (C=O) groups is 1. The fraction of sp³-hybridized carbons (Fsp3) is 0.235. The first-order valence-electron chi connectivity index (χ1n) is 6.73. The Hall–Kier alpha value is -2.13. The molecule has 2 aromatic rings. The molecule has 0 aliphatic carbocycles. The molecule has 3 nitrogen and oxygen atoms in total. The fourth-order valence-electron chi connectivity index (χ4n) is 1.80. The summed E-state index contributed by atoms with van der Waals surface area (Å²) in [6, 6.07) is 19.7. The average molecular weight is 269 g/mol. The minimum atomic E-state index is -0.459. The minimum absolute atomic E-state index is 0.0928. The average Bonchev–Trinajstić information content (AvgIpc) is 2.52. The Morgan fingerprint density at radius 1 is 1.00 bits per heavy atom. The number of nitrogens with one attached hydrogen (secondary N) is 1. The van der Waals surface area contributed by atoms with Gasteiger partial charge in [0.1, 0.15) is 6.10 Å². The van der Waals surface area contributed by atoms with Crippen molar-refractivity contribution in [1.82, 2.24) is 5.32 Å². The smallest absolute Gasteiger partial charge is 0.249 e. The van der Waals surface area contributed by atoms with Gasteiger partial charge in [-0.05, 0) is 18.1 Å². The molecule has 3 heteroatoms. The summed E-state index contributed by atoms with van der Waals surface area (Å²) in [5.41, 5.74) is 2.14. The summed E-state index contributed by atoms with van der Waals surface area (Å²) >= 11 is 0. The van der Waals surface area contributed by atoms with Crippen LogP contribution in [0.2, 0.25) is 0 Å². The molecule has 1 unspecified atom stereocenters. The monoisotopic (exact) mass is 269 g/mol. The Morgan fingerprint density at radius 3 is 2.15 bits per heavy atom. The van der Waals surface area contributed by atoms with E-state index >= 15 is 0 Å². The number of benzene rings is 2. The van der Waals surface area contributed by atoms with E-state index in [1.807, 2.05) is 60.7 Å². The van der Waals surface area contributed by atoms with Gasteiger partial charge in [-0.1, -0.05) is 60.7 Å². The fourth-order valence-corrected chi connectivity index (χ4v) is 1.80. The Bertz CT molecular complexity index is 525. The lowest BCUT2D eigenvalue weighted by atomic mass is 10.2. The molecular formula is C17H19NO2. The van der Waals surface area contributed by atoms with E-state index in [2.05, 4.69) is 5.32 Å². The van der Waals surface area contributed by atoms with Crippen molar-refractivity contribution < 1.29 is 9.53 Å². The van der Waals surface area contributed by atoms with Crippen LogP contribution in [0.25, 0.3) is 0 Å². The Morgan fingerprint density at radius 2 is 1.55 bits per heavy atom. The molecular weight excluding hydrogens is 250 g/mol. The van der Waals surface area contributed by atoms with Crippen LogP contribution in [0.3, 0.4) is 0 Å². The molecule has 0 fully saturated rings. The van der Waals surface area contributed by atoms with Gasteiger partial charge in [-0.15, -0.1) is 0 Å². The highest BCUT2D eigenvalue weighted by atomic mass is 16.5. The first-order chi connectivity index (χ1) is 9.75. The van der Waals surface area contributed by atoms with Crippen molar-refractivity contribution in [2.24, 2.45) is 0 Å². The summed E-state index contributed by atoms with van der Waals surface area (Å²) in [4.78, 5) is 11.9. The highest BCUT2D eigenvalue weighted by Gasteiger charge is 2.12. The lowest BCUT2D eigenvalue weighted by Crippen LogP contribution is -2.33. The van der Waals surface area contributed by atoms with Crippen molar-refractivity contribution in [2.75, 3.05) is 0 Å². The van der Waals surface area contributed by atoms with Gasteiger partial charge >= 0.3 is 0 Å². The number of carbonyl (C=O) groups excluding carboxylic acids is 1. The van der Waals surface area contributed by atoms with Gasteiger partial charge in [0.2, 0.25) is 5.91 Å². The molecule has 0 aliphatic rings. The molecule has 0 bridgehead atoms. The molecule has 2 rings (SSSR count). The Kier molecular flexibility index (Phi) is 5.33. The lowest BCUT2D eigenvalue weighted by Gasteiger charge is -2.13. The van der Waals surface area contributed by atoms with Gasteiger partial charge in [0.05, 0.1) is 6.61 Å². The van der Waals surface area contributed by atoms with Crippen LogP contribution >= 0.6 is 0 Å². The zero-order valence-electron chi connectivity index (χ0n) is 11.6.